The van der Waals surface area contributed by atoms with Crippen LogP contribution in [0, 0.1) is 20.8 Å². The summed E-state index contributed by atoms with van der Waals surface area (Å²) in [4.78, 5) is 0.214. The lowest BCUT2D eigenvalue weighted by Crippen LogP contribution is -2.15. The summed E-state index contributed by atoms with van der Waals surface area (Å²) in [6, 6.07) is 14.8. The molecule has 1 aromatic heterocycles. The fraction of sp³-hybridized carbons (Fsp3) is 0.286. The minimum Gasteiger partial charge on any atom is -0.358 e. The number of para-hydroxylation sites is 1. The molecule has 0 unspecified atom stereocenters. The Labute approximate surface area is 160 Å². The van der Waals surface area contributed by atoms with Gasteiger partial charge in [-0.25, -0.2) is 0 Å². The quantitative estimate of drug-likeness (QED) is 0.586. The molecule has 0 spiro atoms. The van der Waals surface area contributed by atoms with E-state index in [0.29, 0.717) is 11.1 Å². The SMILES string of the molecule is CCCc1cc(OS(=O)(=O)c2c(C)cc(C)cc2C)n(-c2ccccc2)n1. The lowest BCUT2D eigenvalue weighted by atomic mass is 10.1. The van der Waals surface area contributed by atoms with Gasteiger partial charge in [0.25, 0.3) is 0 Å². The van der Waals surface area contributed by atoms with Crippen LogP contribution in [0.1, 0.15) is 35.7 Å². The van der Waals surface area contributed by atoms with Crippen molar-refractivity contribution in [3.8, 4) is 11.6 Å². The first-order valence-corrected chi connectivity index (χ1v) is 10.4. The minimum atomic E-state index is -3.98. The van der Waals surface area contributed by atoms with E-state index in [0.717, 1.165) is 29.8 Å². The van der Waals surface area contributed by atoms with Crippen molar-refractivity contribution in [3.05, 3.63) is 70.9 Å². The first-order valence-electron chi connectivity index (χ1n) is 8.98. The summed E-state index contributed by atoms with van der Waals surface area (Å²) >= 11 is 0. The van der Waals surface area contributed by atoms with Crippen molar-refractivity contribution in [3.63, 3.8) is 0 Å². The third-order valence-corrected chi connectivity index (χ3v) is 5.82. The second-order valence-electron chi connectivity index (χ2n) is 6.74. The lowest BCUT2D eigenvalue weighted by Gasteiger charge is -2.13. The van der Waals surface area contributed by atoms with Gasteiger partial charge in [-0.2, -0.15) is 18.2 Å². The van der Waals surface area contributed by atoms with Crippen LogP contribution in [-0.2, 0) is 16.5 Å². The van der Waals surface area contributed by atoms with E-state index < -0.39 is 10.1 Å². The van der Waals surface area contributed by atoms with Crippen LogP contribution in [0.5, 0.6) is 5.88 Å². The van der Waals surface area contributed by atoms with Crippen molar-refractivity contribution in [2.24, 2.45) is 0 Å². The van der Waals surface area contributed by atoms with Crippen molar-refractivity contribution in [2.75, 3.05) is 0 Å². The second kappa shape index (κ2) is 7.56. The maximum atomic E-state index is 13.0. The van der Waals surface area contributed by atoms with Crippen LogP contribution >= 0.6 is 0 Å². The van der Waals surface area contributed by atoms with Crippen LogP contribution < -0.4 is 4.18 Å². The van der Waals surface area contributed by atoms with Crippen molar-refractivity contribution in [1.82, 2.24) is 9.78 Å². The van der Waals surface area contributed by atoms with Crippen LogP contribution in [0.2, 0.25) is 0 Å². The summed E-state index contributed by atoms with van der Waals surface area (Å²) in [6.45, 7) is 7.57. The molecule has 3 aromatic rings. The number of hydrogen-bond acceptors (Lipinski definition) is 4. The highest BCUT2D eigenvalue weighted by molar-refractivity contribution is 7.87. The standard InChI is InChI=1S/C21H24N2O3S/c1-5-9-18-14-20(23(22-18)19-10-7-6-8-11-19)26-27(24,25)21-16(3)12-15(2)13-17(21)4/h6-8,10-14H,5,9H2,1-4H3. The number of benzene rings is 2. The average Bonchev–Trinajstić information content (AvgIpc) is 2.96. The van der Waals surface area contributed by atoms with E-state index in [1.54, 1.807) is 24.6 Å². The molecule has 0 aliphatic carbocycles. The smallest absolute Gasteiger partial charge is 0.341 e. The monoisotopic (exact) mass is 384 g/mol. The minimum absolute atomic E-state index is 0.198. The molecule has 0 atom stereocenters. The highest BCUT2D eigenvalue weighted by Gasteiger charge is 2.25. The predicted molar refractivity (Wildman–Crippen MR) is 106 cm³/mol. The summed E-state index contributed by atoms with van der Waals surface area (Å²) in [7, 11) is -3.98. The molecule has 27 heavy (non-hydrogen) atoms. The Kier molecular flexibility index (Phi) is 5.37. The van der Waals surface area contributed by atoms with Gasteiger partial charge in [-0.3, -0.25) is 0 Å². The fourth-order valence-electron chi connectivity index (χ4n) is 3.32. The largest absolute Gasteiger partial charge is 0.358 e. The van der Waals surface area contributed by atoms with Crippen molar-refractivity contribution >= 4 is 10.1 Å². The maximum absolute atomic E-state index is 13.0. The third-order valence-electron chi connectivity index (χ3n) is 4.28. The molecular weight excluding hydrogens is 360 g/mol. The summed E-state index contributed by atoms with van der Waals surface area (Å²) in [5, 5.41) is 4.53. The van der Waals surface area contributed by atoms with Gasteiger partial charge in [0.05, 0.1) is 11.4 Å². The van der Waals surface area contributed by atoms with E-state index in [1.807, 2.05) is 49.4 Å². The molecule has 0 aliphatic rings. The zero-order valence-corrected chi connectivity index (χ0v) is 16.9. The highest BCUT2D eigenvalue weighted by Crippen LogP contribution is 2.28. The van der Waals surface area contributed by atoms with Gasteiger partial charge in [-0.15, -0.1) is 0 Å². The third kappa shape index (κ3) is 4.06. The number of aryl methyl sites for hydroxylation is 4. The van der Waals surface area contributed by atoms with E-state index >= 15 is 0 Å². The van der Waals surface area contributed by atoms with Gasteiger partial charge in [0.15, 0.2) is 0 Å². The predicted octanol–water partition coefficient (Wildman–Crippen LogP) is 4.52. The van der Waals surface area contributed by atoms with Crippen LogP contribution in [0.3, 0.4) is 0 Å². The molecule has 1 heterocycles. The lowest BCUT2D eigenvalue weighted by molar-refractivity contribution is 0.464. The molecule has 0 saturated carbocycles. The topological polar surface area (TPSA) is 61.2 Å². The van der Waals surface area contributed by atoms with Crippen LogP contribution in [0.15, 0.2) is 53.4 Å². The number of aromatic nitrogens is 2. The number of hydrogen-bond donors (Lipinski definition) is 0. The Morgan fingerprint density at radius 2 is 1.63 bits per heavy atom. The Morgan fingerprint density at radius 3 is 2.22 bits per heavy atom. The molecule has 0 fully saturated rings. The van der Waals surface area contributed by atoms with Gasteiger partial charge >= 0.3 is 10.1 Å². The first-order chi connectivity index (χ1) is 12.8. The van der Waals surface area contributed by atoms with Crippen molar-refractivity contribution < 1.29 is 12.6 Å². The van der Waals surface area contributed by atoms with E-state index in [1.165, 1.54) is 0 Å². The molecular formula is C21H24N2O3S. The first kappa shape index (κ1) is 19.2. The van der Waals surface area contributed by atoms with Crippen LogP contribution in [0.4, 0.5) is 0 Å². The fourth-order valence-corrected chi connectivity index (χ4v) is 4.65. The molecule has 142 valence electrons. The molecule has 0 aliphatic heterocycles. The molecule has 0 N–H and O–H groups in total. The zero-order chi connectivity index (χ0) is 19.6. The van der Waals surface area contributed by atoms with E-state index in [-0.39, 0.29) is 10.8 Å². The van der Waals surface area contributed by atoms with Crippen molar-refractivity contribution in [1.29, 1.82) is 0 Å². The molecule has 0 amide bonds. The number of rotatable bonds is 6. The molecule has 3 rings (SSSR count). The molecule has 5 nitrogen and oxygen atoms in total. The molecule has 2 aromatic carbocycles. The van der Waals surface area contributed by atoms with Gasteiger partial charge in [-0.05, 0) is 50.5 Å². The average molecular weight is 385 g/mol. The van der Waals surface area contributed by atoms with E-state index in [9.17, 15) is 8.42 Å². The van der Waals surface area contributed by atoms with Gasteiger partial charge in [0.2, 0.25) is 5.88 Å². The Morgan fingerprint density at radius 1 is 1.00 bits per heavy atom. The van der Waals surface area contributed by atoms with Gasteiger partial charge in [0.1, 0.15) is 4.90 Å². The maximum Gasteiger partial charge on any atom is 0.341 e. The van der Waals surface area contributed by atoms with Crippen molar-refractivity contribution in [2.45, 2.75) is 45.4 Å². The summed E-state index contributed by atoms with van der Waals surface area (Å²) < 4.78 is 33.2. The normalized spacial score (nSPS) is 11.6. The molecule has 6 heteroatoms. The highest BCUT2D eigenvalue weighted by atomic mass is 32.2. The molecule has 0 saturated heterocycles. The van der Waals surface area contributed by atoms with Gasteiger partial charge in [0, 0.05) is 6.07 Å². The second-order valence-corrected chi connectivity index (χ2v) is 8.22. The van der Waals surface area contributed by atoms with Crippen LogP contribution in [-0.4, -0.2) is 18.2 Å². The molecule has 0 bridgehead atoms. The summed E-state index contributed by atoms with van der Waals surface area (Å²) in [6.07, 6.45) is 1.66. The number of nitrogens with zero attached hydrogens (tertiary/aromatic N) is 2. The Hall–Kier alpha value is -2.60. The van der Waals surface area contributed by atoms with Gasteiger partial charge in [-0.1, -0.05) is 49.2 Å². The summed E-state index contributed by atoms with van der Waals surface area (Å²) in [5.74, 6) is 0.198. The Balaban J connectivity index is 2.07. The Bertz CT molecular complexity index is 1030. The molecule has 0 radical (unpaired) electrons. The van der Waals surface area contributed by atoms with Crippen LogP contribution in [0.25, 0.3) is 5.69 Å². The van der Waals surface area contributed by atoms with E-state index in [4.69, 9.17) is 4.18 Å². The summed E-state index contributed by atoms with van der Waals surface area (Å²) in [5.41, 5.74) is 3.91. The zero-order valence-electron chi connectivity index (χ0n) is 16.1. The van der Waals surface area contributed by atoms with Gasteiger partial charge < -0.3 is 4.18 Å². The van der Waals surface area contributed by atoms with E-state index in [2.05, 4.69) is 12.0 Å².